The van der Waals surface area contributed by atoms with Gasteiger partial charge in [0.1, 0.15) is 0 Å². The number of rotatable bonds is 6. The normalized spacial score (nSPS) is 17.0. The predicted molar refractivity (Wildman–Crippen MR) is 115 cm³/mol. The number of carbonyl (C=O) groups is 1. The monoisotopic (exact) mass is 408 g/mol. The van der Waals surface area contributed by atoms with E-state index in [0.717, 1.165) is 35.9 Å². The number of para-hydroxylation sites is 1. The number of hydrogen-bond donors (Lipinski definition) is 2. The number of nitrogens with one attached hydrogen (secondary N) is 2. The van der Waals surface area contributed by atoms with Crippen LogP contribution in [0.3, 0.4) is 0 Å². The van der Waals surface area contributed by atoms with E-state index in [1.54, 1.807) is 29.8 Å². The van der Waals surface area contributed by atoms with Gasteiger partial charge in [-0.05, 0) is 37.6 Å². The van der Waals surface area contributed by atoms with Gasteiger partial charge in [-0.3, -0.25) is 4.90 Å². The van der Waals surface area contributed by atoms with Crippen LogP contribution in [0, 0.1) is 0 Å². The van der Waals surface area contributed by atoms with Gasteiger partial charge in [0.15, 0.2) is 10.8 Å². The standard InChI is InChI=1S/C21H24N6OS/c28-21(26-16-7-2-1-3-8-16)24-13-18-9-4-5-12-27(18)14-17-15-29-20(25-17)19-22-10-6-11-23-19/h1-3,6-8,10-11,15,18H,4-5,9,12-14H2,(H2,24,26,28)/t18-/m1/s1. The Kier molecular flexibility index (Phi) is 6.43. The summed E-state index contributed by atoms with van der Waals surface area (Å²) in [7, 11) is 0. The topological polar surface area (TPSA) is 83.0 Å². The first kappa shape index (κ1) is 19.5. The van der Waals surface area contributed by atoms with Gasteiger partial charge in [-0.2, -0.15) is 0 Å². The fourth-order valence-electron chi connectivity index (χ4n) is 3.51. The van der Waals surface area contributed by atoms with Gasteiger partial charge in [0.25, 0.3) is 0 Å². The van der Waals surface area contributed by atoms with E-state index in [9.17, 15) is 4.79 Å². The highest BCUT2D eigenvalue weighted by molar-refractivity contribution is 7.13. The first-order valence-corrected chi connectivity index (χ1v) is 10.7. The van der Waals surface area contributed by atoms with Gasteiger partial charge in [0.2, 0.25) is 0 Å². The van der Waals surface area contributed by atoms with E-state index < -0.39 is 0 Å². The zero-order valence-electron chi connectivity index (χ0n) is 16.1. The average molecular weight is 409 g/mol. The maximum Gasteiger partial charge on any atom is 0.319 e. The molecule has 1 atom stereocenters. The van der Waals surface area contributed by atoms with Crippen LogP contribution < -0.4 is 10.6 Å². The van der Waals surface area contributed by atoms with Crippen LogP contribution in [0.25, 0.3) is 10.8 Å². The molecule has 1 aliphatic rings. The number of carbonyl (C=O) groups excluding carboxylic acids is 1. The Morgan fingerprint density at radius 3 is 2.79 bits per heavy atom. The molecule has 150 valence electrons. The van der Waals surface area contributed by atoms with Crippen molar-refractivity contribution in [1.29, 1.82) is 0 Å². The minimum Gasteiger partial charge on any atom is -0.336 e. The molecule has 0 saturated carbocycles. The Hall–Kier alpha value is -2.84. The summed E-state index contributed by atoms with van der Waals surface area (Å²) in [4.78, 5) is 27.9. The zero-order chi connectivity index (χ0) is 19.9. The number of likely N-dealkylation sites (tertiary alicyclic amines) is 1. The largest absolute Gasteiger partial charge is 0.336 e. The summed E-state index contributed by atoms with van der Waals surface area (Å²) >= 11 is 1.57. The number of amides is 2. The van der Waals surface area contributed by atoms with Crippen molar-refractivity contribution in [3.8, 4) is 10.8 Å². The summed E-state index contributed by atoms with van der Waals surface area (Å²) in [6, 6.07) is 11.4. The fourth-order valence-corrected chi connectivity index (χ4v) is 4.26. The van der Waals surface area contributed by atoms with Crippen LogP contribution in [0.2, 0.25) is 0 Å². The second-order valence-electron chi connectivity index (χ2n) is 7.04. The van der Waals surface area contributed by atoms with Crippen molar-refractivity contribution in [3.05, 3.63) is 59.9 Å². The average Bonchev–Trinajstić information content (AvgIpc) is 3.23. The summed E-state index contributed by atoms with van der Waals surface area (Å²) in [5.41, 5.74) is 1.82. The molecule has 1 fully saturated rings. The fraction of sp³-hybridized carbons (Fsp3) is 0.333. The smallest absolute Gasteiger partial charge is 0.319 e. The third kappa shape index (κ3) is 5.36. The predicted octanol–water partition coefficient (Wildman–Crippen LogP) is 3.78. The summed E-state index contributed by atoms with van der Waals surface area (Å²) in [5.74, 6) is 0.665. The van der Waals surface area contributed by atoms with E-state index in [2.05, 4.69) is 30.9 Å². The van der Waals surface area contributed by atoms with Gasteiger partial charge in [-0.25, -0.2) is 19.7 Å². The molecule has 4 rings (SSSR count). The van der Waals surface area contributed by atoms with Gasteiger partial charge in [0, 0.05) is 42.6 Å². The van der Waals surface area contributed by atoms with Gasteiger partial charge in [-0.15, -0.1) is 11.3 Å². The van der Waals surface area contributed by atoms with E-state index in [1.807, 2.05) is 30.3 Å². The lowest BCUT2D eigenvalue weighted by Crippen LogP contribution is -2.47. The molecule has 0 spiro atoms. The molecule has 2 amide bonds. The van der Waals surface area contributed by atoms with Crippen molar-refractivity contribution in [3.63, 3.8) is 0 Å². The van der Waals surface area contributed by atoms with Crippen LogP contribution in [-0.4, -0.2) is 45.0 Å². The SMILES string of the molecule is O=C(NC[C@H]1CCCCN1Cc1csc(-c2ncccn2)n1)Nc1ccccc1. The Morgan fingerprint density at radius 1 is 1.14 bits per heavy atom. The molecule has 1 aliphatic heterocycles. The van der Waals surface area contributed by atoms with Crippen molar-refractivity contribution in [2.45, 2.75) is 31.8 Å². The van der Waals surface area contributed by atoms with E-state index in [0.29, 0.717) is 18.4 Å². The molecule has 29 heavy (non-hydrogen) atoms. The highest BCUT2D eigenvalue weighted by Gasteiger charge is 2.24. The molecular formula is C21H24N6OS. The molecule has 3 aromatic rings. The number of hydrogen-bond acceptors (Lipinski definition) is 6. The van der Waals surface area contributed by atoms with E-state index in [4.69, 9.17) is 4.98 Å². The van der Waals surface area contributed by atoms with Gasteiger partial charge < -0.3 is 10.6 Å². The van der Waals surface area contributed by atoms with Crippen molar-refractivity contribution in [1.82, 2.24) is 25.2 Å². The molecule has 0 radical (unpaired) electrons. The zero-order valence-corrected chi connectivity index (χ0v) is 16.9. The molecule has 0 unspecified atom stereocenters. The number of thiazole rings is 1. The maximum absolute atomic E-state index is 12.2. The summed E-state index contributed by atoms with van der Waals surface area (Å²) in [5, 5.41) is 8.81. The Morgan fingerprint density at radius 2 is 1.97 bits per heavy atom. The lowest BCUT2D eigenvalue weighted by atomic mass is 10.0. The number of benzene rings is 1. The van der Waals surface area contributed by atoms with Crippen molar-refractivity contribution < 1.29 is 4.79 Å². The molecule has 7 nitrogen and oxygen atoms in total. The van der Waals surface area contributed by atoms with Gasteiger partial charge in [0.05, 0.1) is 5.69 Å². The van der Waals surface area contributed by atoms with Crippen LogP contribution in [0.5, 0.6) is 0 Å². The second-order valence-corrected chi connectivity index (χ2v) is 7.90. The number of aromatic nitrogens is 3. The molecule has 8 heteroatoms. The van der Waals surface area contributed by atoms with E-state index >= 15 is 0 Å². The lowest BCUT2D eigenvalue weighted by Gasteiger charge is -2.35. The van der Waals surface area contributed by atoms with Crippen molar-refractivity contribution in [2.75, 3.05) is 18.4 Å². The van der Waals surface area contributed by atoms with Crippen LogP contribution in [0.4, 0.5) is 10.5 Å². The summed E-state index contributed by atoms with van der Waals surface area (Å²) < 4.78 is 0. The summed E-state index contributed by atoms with van der Waals surface area (Å²) in [6.07, 6.45) is 6.89. The first-order chi connectivity index (χ1) is 14.3. The highest BCUT2D eigenvalue weighted by atomic mass is 32.1. The minimum absolute atomic E-state index is 0.168. The first-order valence-electron chi connectivity index (χ1n) is 9.84. The molecule has 3 heterocycles. The third-order valence-electron chi connectivity index (χ3n) is 4.95. The number of anilines is 1. The Balaban J connectivity index is 1.33. The number of urea groups is 1. The molecule has 0 bridgehead atoms. The van der Waals surface area contributed by atoms with Crippen LogP contribution in [0.15, 0.2) is 54.2 Å². The van der Waals surface area contributed by atoms with Gasteiger partial charge in [-0.1, -0.05) is 24.6 Å². The Labute approximate surface area is 174 Å². The highest BCUT2D eigenvalue weighted by Crippen LogP contribution is 2.23. The quantitative estimate of drug-likeness (QED) is 0.649. The van der Waals surface area contributed by atoms with E-state index in [-0.39, 0.29) is 6.03 Å². The second kappa shape index (κ2) is 9.58. The minimum atomic E-state index is -0.168. The molecular weight excluding hydrogens is 384 g/mol. The Bertz CT molecular complexity index is 917. The van der Waals surface area contributed by atoms with Crippen LogP contribution in [-0.2, 0) is 6.54 Å². The number of piperidine rings is 1. The number of nitrogens with zero attached hydrogens (tertiary/aromatic N) is 4. The summed E-state index contributed by atoms with van der Waals surface area (Å²) in [6.45, 7) is 2.41. The lowest BCUT2D eigenvalue weighted by molar-refractivity contribution is 0.137. The molecule has 0 aliphatic carbocycles. The van der Waals surface area contributed by atoms with Crippen LogP contribution >= 0.6 is 11.3 Å². The molecule has 1 aromatic carbocycles. The van der Waals surface area contributed by atoms with Crippen molar-refractivity contribution in [2.24, 2.45) is 0 Å². The third-order valence-corrected chi connectivity index (χ3v) is 5.84. The van der Waals surface area contributed by atoms with E-state index in [1.165, 1.54) is 12.8 Å². The molecule has 2 aromatic heterocycles. The van der Waals surface area contributed by atoms with Gasteiger partial charge >= 0.3 is 6.03 Å². The maximum atomic E-state index is 12.2. The van der Waals surface area contributed by atoms with Crippen LogP contribution in [0.1, 0.15) is 25.0 Å². The van der Waals surface area contributed by atoms with Crippen molar-refractivity contribution >= 4 is 23.1 Å². The molecule has 1 saturated heterocycles. The molecule has 2 N–H and O–H groups in total.